The molecule has 0 amide bonds. The number of benzene rings is 2. The van der Waals surface area contributed by atoms with Crippen LogP contribution in [-0.4, -0.2) is 17.0 Å². The molecule has 112 valence electrons. The van der Waals surface area contributed by atoms with Crippen LogP contribution in [0.1, 0.15) is 11.3 Å². The highest BCUT2D eigenvalue weighted by molar-refractivity contribution is 9.08. The molecule has 1 heterocycles. The van der Waals surface area contributed by atoms with E-state index in [4.69, 9.17) is 4.98 Å². The summed E-state index contributed by atoms with van der Waals surface area (Å²) in [5, 5.41) is 0.753. The minimum absolute atomic E-state index is 0.753. The van der Waals surface area contributed by atoms with Gasteiger partial charge in [-0.3, -0.25) is 0 Å². The second-order valence-corrected chi connectivity index (χ2v) is 5.79. The summed E-state index contributed by atoms with van der Waals surface area (Å²) in [4.78, 5) is 10.3. The Morgan fingerprint density at radius 2 is 1.64 bits per heavy atom. The SMILES string of the molecule is CN(Cc1ccccc1)c1nc(-c2ccccc2)c(CBr)[nH]1. The molecule has 1 aromatic heterocycles. The van der Waals surface area contributed by atoms with Crippen molar-refractivity contribution in [2.75, 3.05) is 11.9 Å². The Hall–Kier alpha value is -2.07. The fourth-order valence-corrected chi connectivity index (χ4v) is 2.85. The number of aromatic nitrogens is 2. The molecule has 22 heavy (non-hydrogen) atoms. The zero-order valence-electron chi connectivity index (χ0n) is 12.5. The standard InChI is InChI=1S/C18H18BrN3/c1-22(13-14-8-4-2-5-9-14)18-20-16(12-19)17(21-18)15-10-6-3-7-11-15/h2-11H,12-13H2,1H3,(H,20,21). The first-order valence-corrected chi connectivity index (χ1v) is 8.35. The Kier molecular flexibility index (Phi) is 4.59. The zero-order valence-corrected chi connectivity index (χ0v) is 14.0. The van der Waals surface area contributed by atoms with Gasteiger partial charge in [0.25, 0.3) is 0 Å². The minimum Gasteiger partial charge on any atom is -0.341 e. The molecular formula is C18H18BrN3. The molecule has 0 saturated carbocycles. The molecule has 2 aromatic carbocycles. The Morgan fingerprint density at radius 3 is 2.27 bits per heavy atom. The molecule has 0 radical (unpaired) electrons. The molecule has 3 rings (SSSR count). The molecule has 0 aliphatic heterocycles. The van der Waals surface area contributed by atoms with Crippen LogP contribution >= 0.6 is 15.9 Å². The number of nitrogens with zero attached hydrogens (tertiary/aromatic N) is 2. The molecule has 4 heteroatoms. The molecule has 0 bridgehead atoms. The largest absolute Gasteiger partial charge is 0.341 e. The van der Waals surface area contributed by atoms with E-state index in [2.05, 4.69) is 69.3 Å². The Morgan fingerprint density at radius 1 is 1.00 bits per heavy atom. The monoisotopic (exact) mass is 355 g/mol. The number of H-pyrrole nitrogens is 1. The summed E-state index contributed by atoms with van der Waals surface area (Å²) < 4.78 is 0. The second kappa shape index (κ2) is 6.79. The van der Waals surface area contributed by atoms with E-state index in [1.807, 2.05) is 24.3 Å². The van der Waals surface area contributed by atoms with Crippen LogP contribution in [0, 0.1) is 0 Å². The average Bonchev–Trinajstić information content (AvgIpc) is 3.01. The van der Waals surface area contributed by atoms with Crippen molar-refractivity contribution in [1.29, 1.82) is 0 Å². The first kappa shape index (κ1) is 14.9. The lowest BCUT2D eigenvalue weighted by molar-refractivity contribution is 0.880. The molecule has 3 nitrogen and oxygen atoms in total. The fourth-order valence-electron chi connectivity index (χ4n) is 2.44. The highest BCUT2D eigenvalue weighted by Gasteiger charge is 2.14. The van der Waals surface area contributed by atoms with Crippen LogP contribution in [0.25, 0.3) is 11.3 Å². The summed E-state index contributed by atoms with van der Waals surface area (Å²) in [6.45, 7) is 0.824. The third-order valence-corrected chi connectivity index (χ3v) is 4.13. The van der Waals surface area contributed by atoms with E-state index in [1.165, 1.54) is 5.56 Å². The lowest BCUT2D eigenvalue weighted by Gasteiger charge is -2.15. The number of hydrogen-bond acceptors (Lipinski definition) is 2. The zero-order chi connectivity index (χ0) is 15.4. The number of rotatable bonds is 5. The predicted octanol–water partition coefficient (Wildman–Crippen LogP) is 4.61. The van der Waals surface area contributed by atoms with E-state index in [-0.39, 0.29) is 0 Å². The first-order chi connectivity index (χ1) is 10.8. The predicted molar refractivity (Wildman–Crippen MR) is 95.2 cm³/mol. The van der Waals surface area contributed by atoms with Gasteiger partial charge in [0.05, 0.1) is 11.4 Å². The van der Waals surface area contributed by atoms with Gasteiger partial charge in [0.1, 0.15) is 0 Å². The number of anilines is 1. The highest BCUT2D eigenvalue weighted by atomic mass is 79.9. The topological polar surface area (TPSA) is 31.9 Å². The van der Waals surface area contributed by atoms with Crippen molar-refractivity contribution in [2.45, 2.75) is 11.9 Å². The van der Waals surface area contributed by atoms with Gasteiger partial charge in [-0.15, -0.1) is 0 Å². The van der Waals surface area contributed by atoms with E-state index in [9.17, 15) is 0 Å². The number of hydrogen-bond donors (Lipinski definition) is 1. The van der Waals surface area contributed by atoms with Crippen LogP contribution in [-0.2, 0) is 11.9 Å². The third-order valence-electron chi connectivity index (χ3n) is 3.57. The molecule has 0 fully saturated rings. The highest BCUT2D eigenvalue weighted by Crippen LogP contribution is 2.26. The number of alkyl halides is 1. The van der Waals surface area contributed by atoms with Crippen molar-refractivity contribution in [2.24, 2.45) is 0 Å². The van der Waals surface area contributed by atoms with Gasteiger partial charge in [0.2, 0.25) is 5.95 Å². The lowest BCUT2D eigenvalue weighted by atomic mass is 10.1. The molecule has 0 aliphatic rings. The van der Waals surface area contributed by atoms with Gasteiger partial charge in [-0.1, -0.05) is 76.6 Å². The molecule has 0 saturated heterocycles. The maximum Gasteiger partial charge on any atom is 0.203 e. The normalized spacial score (nSPS) is 10.6. The number of nitrogens with one attached hydrogen (secondary N) is 1. The van der Waals surface area contributed by atoms with Gasteiger partial charge in [0, 0.05) is 24.5 Å². The Balaban J connectivity index is 1.87. The van der Waals surface area contributed by atoms with Gasteiger partial charge in [0.15, 0.2) is 0 Å². The number of imidazole rings is 1. The van der Waals surface area contributed by atoms with Crippen LogP contribution in [0.5, 0.6) is 0 Å². The minimum atomic E-state index is 0.753. The van der Waals surface area contributed by atoms with Crippen molar-refractivity contribution in [3.63, 3.8) is 0 Å². The van der Waals surface area contributed by atoms with Gasteiger partial charge < -0.3 is 9.88 Å². The molecule has 0 unspecified atom stereocenters. The summed E-state index contributed by atoms with van der Waals surface area (Å²) in [6.07, 6.45) is 0. The molecule has 0 spiro atoms. The molecule has 0 atom stereocenters. The summed E-state index contributed by atoms with van der Waals surface area (Å²) >= 11 is 3.55. The lowest BCUT2D eigenvalue weighted by Crippen LogP contribution is -2.17. The van der Waals surface area contributed by atoms with Crippen molar-refractivity contribution >= 4 is 21.9 Å². The third kappa shape index (κ3) is 3.22. The maximum atomic E-state index is 4.79. The van der Waals surface area contributed by atoms with Crippen LogP contribution in [0.2, 0.25) is 0 Å². The molecular weight excluding hydrogens is 338 g/mol. The van der Waals surface area contributed by atoms with E-state index >= 15 is 0 Å². The van der Waals surface area contributed by atoms with E-state index < -0.39 is 0 Å². The van der Waals surface area contributed by atoms with Gasteiger partial charge in [-0.05, 0) is 5.56 Å². The van der Waals surface area contributed by atoms with Crippen molar-refractivity contribution in [1.82, 2.24) is 9.97 Å². The van der Waals surface area contributed by atoms with Gasteiger partial charge in [-0.2, -0.15) is 0 Å². The summed E-state index contributed by atoms with van der Waals surface area (Å²) in [7, 11) is 2.05. The Bertz CT molecular complexity index is 723. The van der Waals surface area contributed by atoms with Crippen LogP contribution in [0.15, 0.2) is 60.7 Å². The summed E-state index contributed by atoms with van der Waals surface area (Å²) in [6, 6.07) is 20.7. The quantitative estimate of drug-likeness (QED) is 0.677. The van der Waals surface area contributed by atoms with Crippen LogP contribution < -0.4 is 4.90 Å². The maximum absolute atomic E-state index is 4.79. The van der Waals surface area contributed by atoms with Crippen LogP contribution in [0.3, 0.4) is 0 Å². The molecule has 3 aromatic rings. The average molecular weight is 356 g/mol. The molecule has 1 N–H and O–H groups in total. The van der Waals surface area contributed by atoms with Crippen molar-refractivity contribution in [3.05, 3.63) is 71.9 Å². The van der Waals surface area contributed by atoms with E-state index in [0.717, 1.165) is 34.8 Å². The summed E-state index contributed by atoms with van der Waals surface area (Å²) in [5.41, 5.74) is 4.50. The smallest absolute Gasteiger partial charge is 0.203 e. The molecule has 0 aliphatic carbocycles. The van der Waals surface area contributed by atoms with Crippen molar-refractivity contribution in [3.8, 4) is 11.3 Å². The van der Waals surface area contributed by atoms with Gasteiger partial charge in [-0.25, -0.2) is 4.98 Å². The van der Waals surface area contributed by atoms with Crippen molar-refractivity contribution < 1.29 is 0 Å². The summed E-state index contributed by atoms with van der Waals surface area (Å²) in [5.74, 6) is 0.886. The van der Waals surface area contributed by atoms with E-state index in [0.29, 0.717) is 0 Å². The van der Waals surface area contributed by atoms with Crippen LogP contribution in [0.4, 0.5) is 5.95 Å². The van der Waals surface area contributed by atoms with E-state index in [1.54, 1.807) is 0 Å². The Labute approximate surface area is 139 Å². The second-order valence-electron chi connectivity index (χ2n) is 5.23. The number of halogens is 1. The van der Waals surface area contributed by atoms with Gasteiger partial charge >= 0.3 is 0 Å². The fraction of sp³-hybridized carbons (Fsp3) is 0.167. The first-order valence-electron chi connectivity index (χ1n) is 7.23. The number of aromatic amines is 1.